The highest BCUT2D eigenvalue weighted by Gasteiger charge is 2.77. The molecule has 0 aromatic heterocycles. The van der Waals surface area contributed by atoms with Crippen LogP contribution >= 0.6 is 0 Å². The van der Waals surface area contributed by atoms with Gasteiger partial charge in [-0.1, -0.05) is 79.7 Å². The molecule has 0 saturated heterocycles. The average Bonchev–Trinajstić information content (AvgIpc) is 2.83. The van der Waals surface area contributed by atoms with Crippen molar-refractivity contribution in [2.45, 2.75) is 31.3 Å². The van der Waals surface area contributed by atoms with Crippen LogP contribution < -0.4 is 0 Å². The second kappa shape index (κ2) is 4.44. The fourth-order valence-electron chi connectivity index (χ4n) is 5.51. The van der Waals surface area contributed by atoms with E-state index >= 15 is 0 Å². The third-order valence-corrected chi connectivity index (χ3v) is 7.03. The van der Waals surface area contributed by atoms with Crippen molar-refractivity contribution in [3.05, 3.63) is 83.9 Å². The molecule has 2 aromatic rings. The highest BCUT2D eigenvalue weighted by atomic mass is 15.3. The Kier molecular flexibility index (Phi) is 2.62. The second-order valence-corrected chi connectivity index (χ2v) is 7.91. The molecule has 0 unspecified atom stereocenters. The first kappa shape index (κ1) is 14.2. The van der Waals surface area contributed by atoms with Crippen LogP contribution in [-0.4, -0.2) is 5.54 Å². The van der Waals surface area contributed by atoms with Crippen LogP contribution in [0.25, 0.3) is 0 Å². The topological polar surface area (TPSA) is 24.7 Å². The van der Waals surface area contributed by atoms with Crippen molar-refractivity contribution < 1.29 is 0 Å². The van der Waals surface area contributed by atoms with E-state index in [1.165, 1.54) is 11.1 Å². The molecule has 0 spiro atoms. The number of nitrogens with zero attached hydrogens (tertiary/aromatic N) is 2. The van der Waals surface area contributed by atoms with Crippen molar-refractivity contribution in [3.63, 3.8) is 0 Å². The average molecular weight is 314 g/mol. The lowest BCUT2D eigenvalue weighted by Gasteiger charge is -2.42. The zero-order chi connectivity index (χ0) is 16.4. The molecule has 1 fully saturated rings. The Balaban J connectivity index is 1.71. The van der Waals surface area contributed by atoms with Gasteiger partial charge in [0.25, 0.3) is 0 Å². The van der Waals surface area contributed by atoms with E-state index in [4.69, 9.17) is 10.2 Å². The minimum Gasteiger partial charge on any atom is -0.185 e. The van der Waals surface area contributed by atoms with Gasteiger partial charge in [-0.3, -0.25) is 0 Å². The van der Waals surface area contributed by atoms with Crippen LogP contribution in [0.4, 0.5) is 0 Å². The Morgan fingerprint density at radius 2 is 1.42 bits per heavy atom. The standard InChI is InChI=1S/C22H22N2/c1-20(15-16-9-5-3-6-10-16)21(2)18-13-14-19(18)22(20,24-23-21)17-11-7-4-8-12-17/h3-14,18-19H,15H2,1-2H3/t18-,19+,20+,21+,22-/m0/s1. The van der Waals surface area contributed by atoms with Crippen molar-refractivity contribution in [2.24, 2.45) is 27.5 Å². The maximum atomic E-state index is 4.98. The van der Waals surface area contributed by atoms with Crippen molar-refractivity contribution in [1.82, 2.24) is 0 Å². The maximum Gasteiger partial charge on any atom is 0.121 e. The van der Waals surface area contributed by atoms with E-state index in [0.717, 1.165) is 6.42 Å². The first-order chi connectivity index (χ1) is 11.6. The van der Waals surface area contributed by atoms with Gasteiger partial charge in [0.15, 0.2) is 0 Å². The lowest BCUT2D eigenvalue weighted by atomic mass is 9.61. The van der Waals surface area contributed by atoms with Crippen molar-refractivity contribution in [1.29, 1.82) is 0 Å². The minimum absolute atomic E-state index is 0.0262. The number of rotatable bonds is 3. The fourth-order valence-corrected chi connectivity index (χ4v) is 5.51. The summed E-state index contributed by atoms with van der Waals surface area (Å²) in [6, 6.07) is 21.7. The van der Waals surface area contributed by atoms with Gasteiger partial charge in [0.1, 0.15) is 5.54 Å². The summed E-state index contributed by atoms with van der Waals surface area (Å²) in [5.74, 6) is 0.972. The quantitative estimate of drug-likeness (QED) is 0.698. The normalized spacial score (nSPS) is 41.2. The van der Waals surface area contributed by atoms with Crippen LogP contribution in [0.15, 0.2) is 83.0 Å². The zero-order valence-electron chi connectivity index (χ0n) is 14.2. The summed E-state index contributed by atoms with van der Waals surface area (Å²) in [4.78, 5) is 0. The molecule has 5 atom stereocenters. The number of azo groups is 1. The molecule has 2 nitrogen and oxygen atoms in total. The highest BCUT2D eigenvalue weighted by molar-refractivity contribution is 5.47. The van der Waals surface area contributed by atoms with Crippen LogP contribution in [0.3, 0.4) is 0 Å². The molecule has 120 valence electrons. The summed E-state index contributed by atoms with van der Waals surface area (Å²) in [6.07, 6.45) is 5.72. The molecule has 5 rings (SSSR count). The summed E-state index contributed by atoms with van der Waals surface area (Å²) >= 11 is 0. The molecule has 1 aliphatic heterocycles. The number of hydrogen-bond donors (Lipinski definition) is 0. The minimum atomic E-state index is -0.238. The predicted octanol–water partition coefficient (Wildman–Crippen LogP) is 5.17. The Bertz CT molecular complexity index is 841. The third-order valence-electron chi connectivity index (χ3n) is 7.03. The first-order valence-corrected chi connectivity index (χ1v) is 8.84. The van der Waals surface area contributed by atoms with Crippen LogP contribution in [0, 0.1) is 17.3 Å². The second-order valence-electron chi connectivity index (χ2n) is 7.91. The molecule has 3 aliphatic rings. The Morgan fingerprint density at radius 3 is 2.04 bits per heavy atom. The summed E-state index contributed by atoms with van der Waals surface area (Å²) < 4.78 is 0. The van der Waals surface area contributed by atoms with Gasteiger partial charge in [-0.05, 0) is 24.5 Å². The molecule has 1 heterocycles. The number of fused-ring (bicyclic) bond motifs is 5. The van der Waals surface area contributed by atoms with Gasteiger partial charge >= 0.3 is 0 Å². The number of hydrogen-bond acceptors (Lipinski definition) is 2. The molecule has 1 saturated carbocycles. The molecule has 2 bridgehead atoms. The predicted molar refractivity (Wildman–Crippen MR) is 95.8 cm³/mol. The van der Waals surface area contributed by atoms with E-state index in [2.05, 4.69) is 86.7 Å². The van der Waals surface area contributed by atoms with E-state index in [0.29, 0.717) is 11.8 Å². The molecule has 24 heavy (non-hydrogen) atoms. The van der Waals surface area contributed by atoms with Gasteiger partial charge in [0.05, 0.1) is 5.54 Å². The van der Waals surface area contributed by atoms with Gasteiger partial charge in [0, 0.05) is 17.3 Å². The van der Waals surface area contributed by atoms with Crippen LogP contribution in [-0.2, 0) is 12.0 Å². The van der Waals surface area contributed by atoms with E-state index in [1.807, 2.05) is 0 Å². The van der Waals surface area contributed by atoms with Gasteiger partial charge < -0.3 is 0 Å². The molecule has 2 heteroatoms. The van der Waals surface area contributed by atoms with E-state index in [-0.39, 0.29) is 16.5 Å². The van der Waals surface area contributed by atoms with E-state index in [1.54, 1.807) is 0 Å². The van der Waals surface area contributed by atoms with Crippen molar-refractivity contribution >= 4 is 0 Å². The molecule has 0 N–H and O–H groups in total. The van der Waals surface area contributed by atoms with Crippen molar-refractivity contribution in [2.75, 3.05) is 0 Å². The van der Waals surface area contributed by atoms with Gasteiger partial charge in [0.2, 0.25) is 0 Å². The maximum absolute atomic E-state index is 4.98. The lowest BCUT2D eigenvalue weighted by Crippen LogP contribution is -2.47. The summed E-state index contributed by atoms with van der Waals surface area (Å²) in [7, 11) is 0. The largest absolute Gasteiger partial charge is 0.185 e. The molecule has 0 radical (unpaired) electrons. The zero-order valence-corrected chi connectivity index (χ0v) is 14.2. The Morgan fingerprint density at radius 1 is 0.792 bits per heavy atom. The van der Waals surface area contributed by atoms with Gasteiger partial charge in [-0.25, -0.2) is 0 Å². The lowest BCUT2D eigenvalue weighted by molar-refractivity contribution is 0.144. The molecule has 2 aromatic carbocycles. The summed E-state index contributed by atoms with van der Waals surface area (Å²) in [6.45, 7) is 4.73. The molecule has 0 amide bonds. The monoisotopic (exact) mass is 314 g/mol. The Labute approximate surface area is 143 Å². The van der Waals surface area contributed by atoms with Crippen LogP contribution in [0.2, 0.25) is 0 Å². The van der Waals surface area contributed by atoms with Crippen LogP contribution in [0.5, 0.6) is 0 Å². The Hall–Kier alpha value is -2.22. The summed E-state index contributed by atoms with van der Waals surface area (Å²) in [5.41, 5.74) is 2.30. The molecular weight excluding hydrogens is 292 g/mol. The third kappa shape index (κ3) is 1.39. The van der Waals surface area contributed by atoms with Crippen molar-refractivity contribution in [3.8, 4) is 0 Å². The molecule has 2 aliphatic carbocycles. The van der Waals surface area contributed by atoms with E-state index in [9.17, 15) is 0 Å². The first-order valence-electron chi connectivity index (χ1n) is 8.84. The number of benzene rings is 2. The van der Waals surface area contributed by atoms with E-state index < -0.39 is 0 Å². The SMILES string of the molecule is C[C@@]1(Cc2ccccc2)[C@]2(C)N=N[C@@]1(c1ccccc1)[C@@H]1C=C[C@@H]12. The highest BCUT2D eigenvalue weighted by Crippen LogP contribution is 2.74. The molecular formula is C22H22N2. The smallest absolute Gasteiger partial charge is 0.121 e. The fraction of sp³-hybridized carbons (Fsp3) is 0.364. The van der Waals surface area contributed by atoms with Crippen LogP contribution in [0.1, 0.15) is 25.0 Å². The summed E-state index contributed by atoms with van der Waals surface area (Å²) in [5, 5.41) is 9.87. The van der Waals surface area contributed by atoms with Gasteiger partial charge in [-0.2, -0.15) is 10.2 Å². The van der Waals surface area contributed by atoms with Gasteiger partial charge in [-0.15, -0.1) is 0 Å².